The van der Waals surface area contributed by atoms with Gasteiger partial charge in [0.1, 0.15) is 17.7 Å². The number of rotatable bonds is 6. The fourth-order valence-electron chi connectivity index (χ4n) is 3.54. The molecule has 1 aromatic heterocycles. The third-order valence-corrected chi connectivity index (χ3v) is 5.38. The van der Waals surface area contributed by atoms with Crippen LogP contribution in [0.2, 0.25) is 0 Å². The zero-order valence-corrected chi connectivity index (χ0v) is 17.1. The van der Waals surface area contributed by atoms with Crippen LogP contribution in [0.15, 0.2) is 24.3 Å². The lowest BCUT2D eigenvalue weighted by Crippen LogP contribution is -2.52. The Kier molecular flexibility index (Phi) is 6.61. The minimum atomic E-state index is -0.626. The van der Waals surface area contributed by atoms with E-state index in [1.807, 2.05) is 20.8 Å². The Balaban J connectivity index is 1.61. The van der Waals surface area contributed by atoms with E-state index in [1.54, 1.807) is 4.90 Å². The van der Waals surface area contributed by atoms with Crippen LogP contribution in [-0.4, -0.2) is 51.0 Å². The number of likely N-dealkylation sites (tertiary alicyclic amines) is 1. The Morgan fingerprint density at radius 3 is 2.45 bits per heavy atom. The number of carbonyl (C=O) groups excluding carboxylic acids is 2. The molecule has 156 valence electrons. The van der Waals surface area contributed by atoms with E-state index in [4.69, 9.17) is 0 Å². The summed E-state index contributed by atoms with van der Waals surface area (Å²) >= 11 is 0. The molecule has 8 heteroatoms. The third kappa shape index (κ3) is 4.99. The van der Waals surface area contributed by atoms with Crippen molar-refractivity contribution in [3.63, 3.8) is 0 Å². The Morgan fingerprint density at radius 2 is 1.90 bits per heavy atom. The van der Waals surface area contributed by atoms with E-state index in [0.717, 1.165) is 30.9 Å². The molecule has 29 heavy (non-hydrogen) atoms. The first-order chi connectivity index (χ1) is 13.9. The summed E-state index contributed by atoms with van der Waals surface area (Å²) in [6.45, 7) is 7.04. The second kappa shape index (κ2) is 9.15. The van der Waals surface area contributed by atoms with Crippen molar-refractivity contribution in [2.24, 2.45) is 5.92 Å². The number of aryl methyl sites for hydroxylation is 1. The maximum absolute atomic E-state index is 13.1. The number of aromatic amines is 1. The number of nitrogens with one attached hydrogen (secondary N) is 2. The molecule has 0 aliphatic carbocycles. The monoisotopic (exact) mass is 401 g/mol. The smallest absolute Gasteiger partial charge is 0.251 e. The molecule has 1 fully saturated rings. The summed E-state index contributed by atoms with van der Waals surface area (Å²) < 4.78 is 13.1. The number of piperidine rings is 1. The van der Waals surface area contributed by atoms with Crippen molar-refractivity contribution in [1.82, 2.24) is 25.4 Å². The lowest BCUT2D eigenvalue weighted by Gasteiger charge is -2.34. The molecule has 2 aromatic rings. The van der Waals surface area contributed by atoms with Crippen molar-refractivity contribution in [3.8, 4) is 0 Å². The van der Waals surface area contributed by atoms with Gasteiger partial charge in [0.15, 0.2) is 5.82 Å². The molecule has 0 saturated carbocycles. The molecular formula is C21H28FN5O2. The highest BCUT2D eigenvalue weighted by Gasteiger charge is 2.32. The first kappa shape index (κ1) is 21.0. The number of halogens is 1. The molecule has 2 N–H and O–H groups in total. The van der Waals surface area contributed by atoms with Gasteiger partial charge in [-0.1, -0.05) is 20.8 Å². The molecule has 2 heterocycles. The summed E-state index contributed by atoms with van der Waals surface area (Å²) in [5.41, 5.74) is 0.333. The van der Waals surface area contributed by atoms with Crippen LogP contribution in [0.3, 0.4) is 0 Å². The van der Waals surface area contributed by atoms with E-state index in [2.05, 4.69) is 20.5 Å². The zero-order chi connectivity index (χ0) is 21.0. The highest BCUT2D eigenvalue weighted by atomic mass is 19.1. The second-order valence-corrected chi connectivity index (χ2v) is 7.80. The quantitative estimate of drug-likeness (QED) is 0.779. The van der Waals surface area contributed by atoms with Crippen LogP contribution in [-0.2, 0) is 11.2 Å². The average Bonchev–Trinajstić information content (AvgIpc) is 3.21. The number of H-pyrrole nitrogens is 1. The SMILES string of the molecule is CCc1nc(C2CCN(C(=O)C(NC(=O)c3ccc(F)cc3)C(C)C)CC2)n[nH]1. The molecule has 1 atom stereocenters. The summed E-state index contributed by atoms with van der Waals surface area (Å²) in [5.74, 6) is 1.00. The van der Waals surface area contributed by atoms with Gasteiger partial charge in [-0.25, -0.2) is 9.37 Å². The van der Waals surface area contributed by atoms with Crippen LogP contribution < -0.4 is 5.32 Å². The van der Waals surface area contributed by atoms with Crippen LogP contribution in [0, 0.1) is 11.7 Å². The molecular weight excluding hydrogens is 373 g/mol. The van der Waals surface area contributed by atoms with E-state index in [-0.39, 0.29) is 23.7 Å². The minimum Gasteiger partial charge on any atom is -0.341 e. The van der Waals surface area contributed by atoms with E-state index < -0.39 is 11.9 Å². The lowest BCUT2D eigenvalue weighted by molar-refractivity contribution is -0.135. The molecule has 7 nitrogen and oxygen atoms in total. The van der Waals surface area contributed by atoms with E-state index in [9.17, 15) is 14.0 Å². The van der Waals surface area contributed by atoms with Gasteiger partial charge in [0.2, 0.25) is 5.91 Å². The number of benzene rings is 1. The third-order valence-electron chi connectivity index (χ3n) is 5.38. The van der Waals surface area contributed by atoms with Crippen molar-refractivity contribution < 1.29 is 14.0 Å². The Labute approximate surface area is 170 Å². The van der Waals surface area contributed by atoms with Gasteiger partial charge in [0.05, 0.1) is 0 Å². The van der Waals surface area contributed by atoms with Gasteiger partial charge in [-0.05, 0) is 43.0 Å². The van der Waals surface area contributed by atoms with Gasteiger partial charge in [-0.3, -0.25) is 14.7 Å². The molecule has 2 amide bonds. The summed E-state index contributed by atoms with van der Waals surface area (Å²) in [6, 6.07) is 4.68. The van der Waals surface area contributed by atoms with Crippen molar-refractivity contribution in [1.29, 1.82) is 0 Å². The van der Waals surface area contributed by atoms with Gasteiger partial charge >= 0.3 is 0 Å². The summed E-state index contributed by atoms with van der Waals surface area (Å²) in [4.78, 5) is 31.9. The Hall–Kier alpha value is -2.77. The Bertz CT molecular complexity index is 841. The van der Waals surface area contributed by atoms with Gasteiger partial charge in [-0.15, -0.1) is 0 Å². The van der Waals surface area contributed by atoms with Gasteiger partial charge in [0, 0.05) is 31.0 Å². The predicted molar refractivity (Wildman–Crippen MR) is 107 cm³/mol. The predicted octanol–water partition coefficient (Wildman–Crippen LogP) is 2.67. The van der Waals surface area contributed by atoms with Crippen LogP contribution in [0.5, 0.6) is 0 Å². The fraction of sp³-hybridized carbons (Fsp3) is 0.524. The maximum Gasteiger partial charge on any atom is 0.251 e. The molecule has 3 rings (SSSR count). The average molecular weight is 401 g/mol. The maximum atomic E-state index is 13.1. The van der Waals surface area contributed by atoms with Gasteiger partial charge in [0.25, 0.3) is 5.91 Å². The number of carbonyl (C=O) groups is 2. The first-order valence-electron chi connectivity index (χ1n) is 10.2. The molecule has 1 aliphatic rings. The molecule has 0 bridgehead atoms. The highest BCUT2D eigenvalue weighted by molar-refractivity contribution is 5.97. The molecule has 0 radical (unpaired) electrons. The van der Waals surface area contributed by atoms with E-state index in [0.29, 0.717) is 18.7 Å². The van der Waals surface area contributed by atoms with Crippen molar-refractivity contribution in [2.45, 2.75) is 52.0 Å². The van der Waals surface area contributed by atoms with Crippen molar-refractivity contribution in [3.05, 3.63) is 47.3 Å². The van der Waals surface area contributed by atoms with Gasteiger partial charge in [-0.2, -0.15) is 5.10 Å². The highest BCUT2D eigenvalue weighted by Crippen LogP contribution is 2.26. The van der Waals surface area contributed by atoms with Crippen molar-refractivity contribution in [2.75, 3.05) is 13.1 Å². The molecule has 1 aliphatic heterocycles. The second-order valence-electron chi connectivity index (χ2n) is 7.80. The number of hydrogen-bond acceptors (Lipinski definition) is 4. The van der Waals surface area contributed by atoms with Crippen LogP contribution >= 0.6 is 0 Å². The van der Waals surface area contributed by atoms with Crippen LogP contribution in [0.1, 0.15) is 61.5 Å². The molecule has 0 spiro atoms. The molecule has 1 aromatic carbocycles. The standard InChI is InChI=1S/C21H28FN5O2/c1-4-17-23-19(26-25-17)14-9-11-27(12-10-14)21(29)18(13(2)3)24-20(28)15-5-7-16(22)8-6-15/h5-8,13-14,18H,4,9-12H2,1-3H3,(H,24,28)(H,23,25,26). The Morgan fingerprint density at radius 1 is 1.24 bits per heavy atom. The number of aromatic nitrogens is 3. The largest absolute Gasteiger partial charge is 0.341 e. The summed E-state index contributed by atoms with van der Waals surface area (Å²) in [5, 5.41) is 10.1. The van der Waals surface area contributed by atoms with E-state index in [1.165, 1.54) is 24.3 Å². The van der Waals surface area contributed by atoms with Crippen LogP contribution in [0.4, 0.5) is 4.39 Å². The number of nitrogens with zero attached hydrogens (tertiary/aromatic N) is 3. The molecule has 1 unspecified atom stereocenters. The van der Waals surface area contributed by atoms with E-state index >= 15 is 0 Å². The fourth-order valence-corrected chi connectivity index (χ4v) is 3.54. The number of hydrogen-bond donors (Lipinski definition) is 2. The minimum absolute atomic E-state index is 0.0651. The topological polar surface area (TPSA) is 91.0 Å². The van der Waals surface area contributed by atoms with Crippen molar-refractivity contribution >= 4 is 11.8 Å². The zero-order valence-electron chi connectivity index (χ0n) is 17.1. The summed E-state index contributed by atoms with van der Waals surface area (Å²) in [7, 11) is 0. The normalized spacial score (nSPS) is 16.1. The first-order valence-corrected chi connectivity index (χ1v) is 10.2. The lowest BCUT2D eigenvalue weighted by atomic mass is 9.94. The number of amides is 2. The van der Waals surface area contributed by atoms with Gasteiger partial charge < -0.3 is 10.2 Å². The van der Waals surface area contributed by atoms with Crippen LogP contribution in [0.25, 0.3) is 0 Å². The summed E-state index contributed by atoms with van der Waals surface area (Å²) in [6.07, 6.45) is 2.40. The molecule has 1 saturated heterocycles.